The first-order valence-electron chi connectivity index (χ1n) is 9.34. The van der Waals surface area contributed by atoms with Crippen molar-refractivity contribution in [1.29, 1.82) is 0 Å². The lowest BCUT2D eigenvalue weighted by molar-refractivity contribution is -0.132. The fraction of sp³-hybridized carbons (Fsp3) is 0.684. The summed E-state index contributed by atoms with van der Waals surface area (Å²) in [4.78, 5) is 25.7. The van der Waals surface area contributed by atoms with Crippen molar-refractivity contribution in [3.05, 3.63) is 18.1 Å². The smallest absolute Gasteiger partial charge is 0.223 e. The Morgan fingerprint density at radius 3 is 2.69 bits per heavy atom. The molecular formula is C19H30N6O. The lowest BCUT2D eigenvalue weighted by atomic mass is 9.91. The molecule has 7 heteroatoms. The second-order valence-corrected chi connectivity index (χ2v) is 8.70. The Morgan fingerprint density at radius 1 is 1.27 bits per heavy atom. The van der Waals surface area contributed by atoms with E-state index < -0.39 is 0 Å². The second-order valence-electron chi connectivity index (χ2n) is 8.70. The van der Waals surface area contributed by atoms with Crippen molar-refractivity contribution in [2.45, 2.75) is 46.1 Å². The average molecular weight is 358 g/mol. The molecule has 0 N–H and O–H groups in total. The molecule has 0 aliphatic carbocycles. The number of likely N-dealkylation sites (tertiary alicyclic amines) is 1. The van der Waals surface area contributed by atoms with Gasteiger partial charge in [0.2, 0.25) is 5.91 Å². The molecule has 7 nitrogen and oxygen atoms in total. The summed E-state index contributed by atoms with van der Waals surface area (Å²) in [5.74, 6) is 0.473. The lowest BCUT2D eigenvalue weighted by Gasteiger charge is -2.22. The van der Waals surface area contributed by atoms with Crippen LogP contribution >= 0.6 is 0 Å². The fourth-order valence-corrected chi connectivity index (χ4v) is 3.43. The molecular weight excluding hydrogens is 328 g/mol. The van der Waals surface area contributed by atoms with E-state index in [4.69, 9.17) is 5.10 Å². The zero-order chi connectivity index (χ0) is 18.9. The molecule has 1 amide bonds. The third-order valence-corrected chi connectivity index (χ3v) is 4.76. The normalized spacial score (nSPS) is 18.2. The molecule has 3 heterocycles. The second kappa shape index (κ2) is 7.31. The van der Waals surface area contributed by atoms with E-state index in [0.717, 1.165) is 49.5 Å². The molecule has 1 aliphatic heterocycles. The standard InChI is InChI=1S/C19H30N6O/c1-19(2,3)12-15(26)24-9-6-14(13-24)16-17-18(21-8-7-20-17)25(22-16)11-10-23(4)5/h7-8,14H,6,9-13H2,1-5H3/t14-/m1/s1. The van der Waals surface area contributed by atoms with Gasteiger partial charge in [-0.3, -0.25) is 4.79 Å². The molecule has 142 valence electrons. The predicted octanol–water partition coefficient (Wildman–Crippen LogP) is 2.14. The van der Waals surface area contributed by atoms with Crippen LogP contribution in [0.5, 0.6) is 0 Å². The third kappa shape index (κ3) is 4.20. The zero-order valence-electron chi connectivity index (χ0n) is 16.6. The number of carbonyl (C=O) groups is 1. The predicted molar refractivity (Wildman–Crippen MR) is 102 cm³/mol. The van der Waals surface area contributed by atoms with Crippen LogP contribution in [0.1, 0.15) is 45.2 Å². The first kappa shape index (κ1) is 18.8. The van der Waals surface area contributed by atoms with Crippen molar-refractivity contribution < 1.29 is 4.79 Å². The van der Waals surface area contributed by atoms with E-state index in [0.29, 0.717) is 6.42 Å². The van der Waals surface area contributed by atoms with Gasteiger partial charge in [-0.15, -0.1) is 0 Å². The first-order valence-corrected chi connectivity index (χ1v) is 9.34. The number of nitrogens with zero attached hydrogens (tertiary/aromatic N) is 6. The number of amides is 1. The van der Waals surface area contributed by atoms with E-state index in [1.165, 1.54) is 0 Å². The van der Waals surface area contributed by atoms with E-state index in [-0.39, 0.29) is 17.2 Å². The van der Waals surface area contributed by atoms with Crippen molar-refractivity contribution in [3.63, 3.8) is 0 Å². The molecule has 0 unspecified atom stereocenters. The van der Waals surface area contributed by atoms with E-state index in [1.54, 1.807) is 12.4 Å². The molecule has 1 atom stereocenters. The van der Waals surface area contributed by atoms with Crippen LogP contribution in [0.3, 0.4) is 0 Å². The maximum Gasteiger partial charge on any atom is 0.223 e. The van der Waals surface area contributed by atoms with Gasteiger partial charge in [-0.2, -0.15) is 5.10 Å². The van der Waals surface area contributed by atoms with Gasteiger partial charge in [0.25, 0.3) is 0 Å². The fourth-order valence-electron chi connectivity index (χ4n) is 3.43. The quantitative estimate of drug-likeness (QED) is 0.819. The molecule has 0 spiro atoms. The topological polar surface area (TPSA) is 67.2 Å². The highest BCUT2D eigenvalue weighted by molar-refractivity contribution is 5.78. The Bertz CT molecular complexity index is 776. The van der Waals surface area contributed by atoms with Crippen LogP contribution in [0.25, 0.3) is 11.2 Å². The molecule has 2 aromatic heterocycles. The van der Waals surface area contributed by atoms with Crippen molar-refractivity contribution in [1.82, 2.24) is 29.5 Å². The van der Waals surface area contributed by atoms with Crippen molar-refractivity contribution in [2.75, 3.05) is 33.7 Å². The Labute approximate surface area is 155 Å². The molecule has 2 aromatic rings. The van der Waals surface area contributed by atoms with Crippen molar-refractivity contribution >= 4 is 17.1 Å². The number of hydrogen-bond donors (Lipinski definition) is 0. The maximum absolute atomic E-state index is 12.6. The molecule has 1 fully saturated rings. The summed E-state index contributed by atoms with van der Waals surface area (Å²) in [5, 5.41) is 4.84. The van der Waals surface area contributed by atoms with Crippen LogP contribution in [0.2, 0.25) is 0 Å². The van der Waals surface area contributed by atoms with E-state index in [9.17, 15) is 4.79 Å². The van der Waals surface area contributed by atoms with Gasteiger partial charge in [0.15, 0.2) is 5.65 Å². The third-order valence-electron chi connectivity index (χ3n) is 4.76. The Balaban J connectivity index is 1.79. The summed E-state index contributed by atoms with van der Waals surface area (Å²) in [5.41, 5.74) is 2.71. The highest BCUT2D eigenvalue weighted by atomic mass is 16.2. The van der Waals surface area contributed by atoms with Crippen molar-refractivity contribution in [2.24, 2.45) is 5.41 Å². The number of aromatic nitrogens is 4. The lowest BCUT2D eigenvalue weighted by Crippen LogP contribution is -2.31. The molecule has 0 radical (unpaired) electrons. The number of carbonyl (C=O) groups excluding carboxylic acids is 1. The van der Waals surface area contributed by atoms with Gasteiger partial charge in [-0.05, 0) is 25.9 Å². The molecule has 26 heavy (non-hydrogen) atoms. The molecule has 0 saturated carbocycles. The SMILES string of the molecule is CN(C)CCn1nc([C@@H]2CCN(C(=O)CC(C)(C)C)C2)c2nccnc21. The van der Waals surface area contributed by atoms with Crippen LogP contribution < -0.4 is 0 Å². The summed E-state index contributed by atoms with van der Waals surface area (Å²) in [6.07, 6.45) is 4.96. The zero-order valence-corrected chi connectivity index (χ0v) is 16.6. The Morgan fingerprint density at radius 2 is 2.00 bits per heavy atom. The van der Waals surface area contributed by atoms with Crippen LogP contribution in [-0.2, 0) is 11.3 Å². The number of hydrogen-bond acceptors (Lipinski definition) is 5. The first-order chi connectivity index (χ1) is 12.2. The largest absolute Gasteiger partial charge is 0.342 e. The van der Waals surface area contributed by atoms with Gasteiger partial charge in [-0.25, -0.2) is 14.6 Å². The van der Waals surface area contributed by atoms with Crippen LogP contribution in [0.4, 0.5) is 0 Å². The summed E-state index contributed by atoms with van der Waals surface area (Å²) in [7, 11) is 4.10. The number of fused-ring (bicyclic) bond motifs is 1. The molecule has 0 aromatic carbocycles. The van der Waals surface area contributed by atoms with E-state index >= 15 is 0 Å². The summed E-state index contributed by atoms with van der Waals surface area (Å²) in [6, 6.07) is 0. The summed E-state index contributed by atoms with van der Waals surface area (Å²) < 4.78 is 1.96. The van der Waals surface area contributed by atoms with Gasteiger partial charge in [0.05, 0.1) is 12.2 Å². The van der Waals surface area contributed by atoms with Gasteiger partial charge in [0, 0.05) is 44.4 Å². The molecule has 1 saturated heterocycles. The van der Waals surface area contributed by atoms with Gasteiger partial charge < -0.3 is 9.80 Å². The summed E-state index contributed by atoms with van der Waals surface area (Å²) >= 11 is 0. The van der Waals surface area contributed by atoms with Crippen LogP contribution in [-0.4, -0.2) is 69.2 Å². The van der Waals surface area contributed by atoms with E-state index in [2.05, 4.69) is 35.6 Å². The Kier molecular flexibility index (Phi) is 5.27. The highest BCUT2D eigenvalue weighted by Gasteiger charge is 2.32. The molecule has 0 bridgehead atoms. The maximum atomic E-state index is 12.6. The Hall–Kier alpha value is -2.02. The van der Waals surface area contributed by atoms with Crippen molar-refractivity contribution in [3.8, 4) is 0 Å². The average Bonchev–Trinajstić information content (AvgIpc) is 3.16. The monoisotopic (exact) mass is 358 g/mol. The molecule has 3 rings (SSSR count). The minimum atomic E-state index is 0.0150. The van der Waals surface area contributed by atoms with Gasteiger partial charge >= 0.3 is 0 Å². The van der Waals surface area contributed by atoms with Gasteiger partial charge in [-0.1, -0.05) is 20.8 Å². The minimum Gasteiger partial charge on any atom is -0.342 e. The van der Waals surface area contributed by atoms with E-state index in [1.807, 2.05) is 23.7 Å². The molecule has 1 aliphatic rings. The highest BCUT2D eigenvalue weighted by Crippen LogP contribution is 2.31. The van der Waals surface area contributed by atoms with Gasteiger partial charge in [0.1, 0.15) is 5.52 Å². The minimum absolute atomic E-state index is 0.0150. The summed E-state index contributed by atoms with van der Waals surface area (Å²) in [6.45, 7) is 9.52. The van der Waals surface area contributed by atoms with Crippen LogP contribution in [0.15, 0.2) is 12.4 Å². The number of rotatable bonds is 5. The number of likely N-dealkylation sites (N-methyl/N-ethyl adjacent to an activating group) is 1. The van der Waals surface area contributed by atoms with Crippen LogP contribution in [0, 0.1) is 5.41 Å².